The fourth-order valence-electron chi connectivity index (χ4n) is 1.85. The van der Waals surface area contributed by atoms with Crippen molar-refractivity contribution in [1.29, 1.82) is 0 Å². The minimum Gasteiger partial charge on any atom is -0.361 e. The first-order valence-electron chi connectivity index (χ1n) is 6.45. The molecule has 0 fully saturated rings. The Bertz CT molecular complexity index is 667. The summed E-state index contributed by atoms with van der Waals surface area (Å²) in [6.45, 7) is 1.94. The maximum atomic E-state index is 12.6. The van der Waals surface area contributed by atoms with Crippen LogP contribution < -0.4 is 0 Å². The third-order valence-corrected chi connectivity index (χ3v) is 2.93. The maximum absolute atomic E-state index is 12.6. The number of nitrogens with zero attached hydrogens (tertiary/aromatic N) is 3. The molecule has 2 heterocycles. The van der Waals surface area contributed by atoms with Crippen LogP contribution in [0.5, 0.6) is 0 Å². The Labute approximate surface area is 124 Å². The van der Waals surface area contributed by atoms with Gasteiger partial charge in [-0.25, -0.2) is 4.98 Å². The van der Waals surface area contributed by atoms with Crippen molar-refractivity contribution >= 4 is 5.91 Å². The van der Waals surface area contributed by atoms with Crippen molar-refractivity contribution in [2.45, 2.75) is 26.1 Å². The molecule has 0 unspecified atom stereocenters. The predicted molar refractivity (Wildman–Crippen MR) is 70.7 cm³/mol. The molecule has 22 heavy (non-hydrogen) atoms. The molecule has 2 rings (SSSR count). The average molecular weight is 313 g/mol. The fraction of sp³-hybridized carbons (Fsp3) is 0.357. The zero-order valence-electron chi connectivity index (χ0n) is 12.0. The largest absolute Gasteiger partial charge is 0.433 e. The van der Waals surface area contributed by atoms with Crippen LogP contribution in [0.3, 0.4) is 0 Å². The molecule has 0 radical (unpaired) electrons. The van der Waals surface area contributed by atoms with Gasteiger partial charge in [-0.3, -0.25) is 4.79 Å². The van der Waals surface area contributed by atoms with E-state index in [0.29, 0.717) is 11.5 Å². The van der Waals surface area contributed by atoms with Gasteiger partial charge >= 0.3 is 6.18 Å². The van der Waals surface area contributed by atoms with Gasteiger partial charge in [-0.2, -0.15) is 13.2 Å². The molecule has 0 N–H and O–H groups in total. The molecule has 0 bridgehead atoms. The van der Waals surface area contributed by atoms with Gasteiger partial charge in [0.05, 0.1) is 18.7 Å². The van der Waals surface area contributed by atoms with Crippen molar-refractivity contribution in [2.24, 2.45) is 0 Å². The van der Waals surface area contributed by atoms with Crippen LogP contribution in [0, 0.1) is 6.92 Å². The van der Waals surface area contributed by atoms with Gasteiger partial charge in [0.15, 0.2) is 0 Å². The number of alkyl halides is 3. The van der Waals surface area contributed by atoms with Crippen LogP contribution in [-0.2, 0) is 23.9 Å². The van der Waals surface area contributed by atoms with E-state index < -0.39 is 11.9 Å². The lowest BCUT2D eigenvalue weighted by molar-refractivity contribution is -0.141. The molecule has 0 aliphatic rings. The van der Waals surface area contributed by atoms with E-state index in [4.69, 9.17) is 4.52 Å². The summed E-state index contributed by atoms with van der Waals surface area (Å²) in [5, 5.41) is 3.76. The van der Waals surface area contributed by atoms with Crippen LogP contribution >= 0.6 is 0 Å². The number of aromatic nitrogens is 2. The van der Waals surface area contributed by atoms with Crippen molar-refractivity contribution in [3.05, 3.63) is 47.1 Å². The third-order valence-electron chi connectivity index (χ3n) is 2.93. The van der Waals surface area contributed by atoms with Crippen LogP contribution in [0.25, 0.3) is 0 Å². The molecule has 0 saturated carbocycles. The monoisotopic (exact) mass is 313 g/mol. The van der Waals surface area contributed by atoms with Crippen LogP contribution in [-0.4, -0.2) is 28.0 Å². The van der Waals surface area contributed by atoms with E-state index in [2.05, 4.69) is 10.1 Å². The summed E-state index contributed by atoms with van der Waals surface area (Å²) in [5.74, 6) is 0.267. The summed E-state index contributed by atoms with van der Waals surface area (Å²) in [6, 6.07) is 5.18. The second kappa shape index (κ2) is 6.17. The van der Waals surface area contributed by atoms with Crippen molar-refractivity contribution < 1.29 is 22.5 Å². The molecular weight excluding hydrogens is 299 g/mol. The van der Waals surface area contributed by atoms with E-state index >= 15 is 0 Å². The average Bonchev–Trinajstić information content (AvgIpc) is 2.83. The van der Waals surface area contributed by atoms with Crippen molar-refractivity contribution in [1.82, 2.24) is 15.0 Å². The standard InChI is InChI=1S/C14H14F3N3O2/c1-9-6-11(19-22-9)8-20(2)13(21)7-10-4-3-5-12(18-10)14(15,16)17/h3-6H,7-8H2,1-2H3. The fourth-order valence-corrected chi connectivity index (χ4v) is 1.85. The number of carbonyl (C=O) groups is 1. The molecule has 0 aliphatic heterocycles. The van der Waals surface area contributed by atoms with Gasteiger partial charge in [0, 0.05) is 13.1 Å². The number of amides is 1. The van der Waals surface area contributed by atoms with E-state index in [9.17, 15) is 18.0 Å². The van der Waals surface area contributed by atoms with Gasteiger partial charge in [0.25, 0.3) is 0 Å². The molecule has 118 valence electrons. The molecular formula is C14H14F3N3O2. The van der Waals surface area contributed by atoms with Gasteiger partial charge in [-0.1, -0.05) is 11.2 Å². The van der Waals surface area contributed by atoms with Gasteiger partial charge in [0.2, 0.25) is 5.91 Å². The number of hydrogen-bond donors (Lipinski definition) is 0. The van der Waals surface area contributed by atoms with E-state index in [-0.39, 0.29) is 24.6 Å². The van der Waals surface area contributed by atoms with Crippen molar-refractivity contribution in [3.8, 4) is 0 Å². The van der Waals surface area contributed by atoms with Crippen LogP contribution in [0.1, 0.15) is 22.8 Å². The first kappa shape index (κ1) is 16.0. The second-order valence-electron chi connectivity index (χ2n) is 4.87. The minimum absolute atomic E-state index is 0.0722. The quantitative estimate of drug-likeness (QED) is 0.870. The Hall–Kier alpha value is -2.38. The number of carbonyl (C=O) groups excluding carboxylic acids is 1. The lowest BCUT2D eigenvalue weighted by Gasteiger charge is -2.15. The molecule has 0 saturated heterocycles. The van der Waals surface area contributed by atoms with E-state index in [1.807, 2.05) is 0 Å². The summed E-state index contributed by atoms with van der Waals surface area (Å²) >= 11 is 0. The summed E-state index contributed by atoms with van der Waals surface area (Å²) in [4.78, 5) is 16.9. The first-order chi connectivity index (χ1) is 10.3. The number of hydrogen-bond acceptors (Lipinski definition) is 4. The topological polar surface area (TPSA) is 59.2 Å². The second-order valence-corrected chi connectivity index (χ2v) is 4.87. The summed E-state index contributed by atoms with van der Waals surface area (Å²) in [7, 11) is 1.54. The highest BCUT2D eigenvalue weighted by atomic mass is 19.4. The zero-order valence-corrected chi connectivity index (χ0v) is 12.0. The highest BCUT2D eigenvalue weighted by Gasteiger charge is 2.32. The number of rotatable bonds is 4. The summed E-state index contributed by atoms with van der Waals surface area (Å²) in [5.41, 5.74) is -0.360. The molecule has 8 heteroatoms. The minimum atomic E-state index is -4.52. The molecule has 0 aromatic carbocycles. The van der Waals surface area contributed by atoms with Gasteiger partial charge in [-0.15, -0.1) is 0 Å². The molecule has 2 aromatic rings. The lowest BCUT2D eigenvalue weighted by Crippen LogP contribution is -2.28. The predicted octanol–water partition coefficient (Wildman–Crippen LogP) is 2.60. The van der Waals surface area contributed by atoms with Crippen LogP contribution in [0.4, 0.5) is 13.2 Å². The Morgan fingerprint density at radius 2 is 2.05 bits per heavy atom. The number of halogens is 3. The highest BCUT2D eigenvalue weighted by Crippen LogP contribution is 2.27. The van der Waals surface area contributed by atoms with E-state index in [0.717, 1.165) is 6.07 Å². The molecule has 2 aromatic heterocycles. The number of aryl methyl sites for hydroxylation is 1. The highest BCUT2D eigenvalue weighted by molar-refractivity contribution is 5.78. The van der Waals surface area contributed by atoms with Crippen LogP contribution in [0.15, 0.2) is 28.8 Å². The van der Waals surface area contributed by atoms with Gasteiger partial charge in [0.1, 0.15) is 17.1 Å². The van der Waals surface area contributed by atoms with Crippen molar-refractivity contribution in [2.75, 3.05) is 7.05 Å². The molecule has 0 atom stereocenters. The van der Waals surface area contributed by atoms with Crippen molar-refractivity contribution in [3.63, 3.8) is 0 Å². The third kappa shape index (κ3) is 4.06. The Morgan fingerprint density at radius 1 is 1.32 bits per heavy atom. The van der Waals surface area contributed by atoms with Crippen LogP contribution in [0.2, 0.25) is 0 Å². The van der Waals surface area contributed by atoms with E-state index in [1.165, 1.54) is 17.0 Å². The summed E-state index contributed by atoms with van der Waals surface area (Å²) < 4.78 is 42.6. The Kier molecular flexibility index (Phi) is 4.48. The Morgan fingerprint density at radius 3 is 2.64 bits per heavy atom. The molecule has 5 nitrogen and oxygen atoms in total. The summed E-state index contributed by atoms with van der Waals surface area (Å²) in [6.07, 6.45) is -4.74. The van der Waals surface area contributed by atoms with E-state index in [1.54, 1.807) is 20.0 Å². The molecule has 0 aliphatic carbocycles. The Balaban J connectivity index is 2.02. The van der Waals surface area contributed by atoms with Gasteiger partial charge < -0.3 is 9.42 Å². The SMILES string of the molecule is Cc1cc(CN(C)C(=O)Cc2cccc(C(F)(F)F)n2)no1. The number of pyridine rings is 1. The molecule has 1 amide bonds. The number of likely N-dealkylation sites (N-methyl/N-ethyl adjacent to an activating group) is 1. The lowest BCUT2D eigenvalue weighted by atomic mass is 10.2. The normalized spacial score (nSPS) is 11.5. The first-order valence-corrected chi connectivity index (χ1v) is 6.45. The molecule has 0 spiro atoms. The smallest absolute Gasteiger partial charge is 0.361 e. The maximum Gasteiger partial charge on any atom is 0.433 e. The van der Waals surface area contributed by atoms with Gasteiger partial charge in [-0.05, 0) is 19.1 Å². The zero-order chi connectivity index (χ0) is 16.3.